The number of benzene rings is 2. The molecule has 0 fully saturated rings. The molecule has 0 spiro atoms. The zero-order valence-corrected chi connectivity index (χ0v) is 14.4. The van der Waals surface area contributed by atoms with Gasteiger partial charge >= 0.3 is 0 Å². The molecule has 0 saturated heterocycles. The van der Waals surface area contributed by atoms with Gasteiger partial charge in [-0.25, -0.2) is 0 Å². The average molecular weight is 335 g/mol. The van der Waals surface area contributed by atoms with Crippen molar-refractivity contribution in [2.75, 3.05) is 13.7 Å². The number of rotatable bonds is 6. The number of aromatic nitrogens is 2. The van der Waals surface area contributed by atoms with Gasteiger partial charge in [0.05, 0.1) is 12.8 Å². The first-order valence-corrected chi connectivity index (χ1v) is 8.18. The van der Waals surface area contributed by atoms with Crippen molar-refractivity contribution in [1.29, 1.82) is 0 Å². The van der Waals surface area contributed by atoms with E-state index < -0.39 is 0 Å². The number of para-hydroxylation sites is 1. The standard InChI is InChI=1S/C20H21N3O2/c1-23-18(20(24)21-13-12-15-8-4-3-5-9-15)14-17(22-23)16-10-6-7-11-19(16)25-2/h3-11,14H,12-13H2,1-2H3,(H,21,24). The summed E-state index contributed by atoms with van der Waals surface area (Å²) in [5.41, 5.74) is 3.30. The molecule has 0 aliphatic heterocycles. The lowest BCUT2D eigenvalue weighted by molar-refractivity contribution is 0.0944. The number of ether oxygens (including phenoxy) is 1. The zero-order chi connectivity index (χ0) is 17.6. The second-order valence-electron chi connectivity index (χ2n) is 5.73. The van der Waals surface area contributed by atoms with Gasteiger partial charge in [-0.1, -0.05) is 42.5 Å². The highest BCUT2D eigenvalue weighted by Crippen LogP contribution is 2.28. The third-order valence-electron chi connectivity index (χ3n) is 4.04. The first kappa shape index (κ1) is 16.8. The first-order chi connectivity index (χ1) is 12.2. The predicted octanol–water partition coefficient (Wildman–Crippen LogP) is 3.07. The molecule has 5 heteroatoms. The van der Waals surface area contributed by atoms with Crippen molar-refractivity contribution in [1.82, 2.24) is 15.1 Å². The number of carbonyl (C=O) groups excluding carboxylic acids is 1. The summed E-state index contributed by atoms with van der Waals surface area (Å²) in [6, 6.07) is 19.5. The maximum atomic E-state index is 12.5. The Morgan fingerprint density at radius 2 is 1.84 bits per heavy atom. The van der Waals surface area contributed by atoms with Crippen LogP contribution in [-0.2, 0) is 13.5 Å². The topological polar surface area (TPSA) is 56.1 Å². The molecule has 0 bridgehead atoms. The van der Waals surface area contributed by atoms with E-state index in [1.165, 1.54) is 5.56 Å². The molecule has 128 valence electrons. The molecule has 1 heterocycles. The third-order valence-corrected chi connectivity index (χ3v) is 4.04. The van der Waals surface area contributed by atoms with Crippen LogP contribution in [0.2, 0.25) is 0 Å². The smallest absolute Gasteiger partial charge is 0.269 e. The van der Waals surface area contributed by atoms with Crippen LogP contribution in [0.3, 0.4) is 0 Å². The molecule has 0 aliphatic carbocycles. The number of amides is 1. The Labute approximate surface area is 147 Å². The average Bonchev–Trinajstić information content (AvgIpc) is 3.04. The van der Waals surface area contributed by atoms with E-state index in [2.05, 4.69) is 22.5 Å². The van der Waals surface area contributed by atoms with E-state index in [1.807, 2.05) is 42.5 Å². The third kappa shape index (κ3) is 3.88. The second-order valence-corrected chi connectivity index (χ2v) is 5.73. The van der Waals surface area contributed by atoms with E-state index in [1.54, 1.807) is 24.9 Å². The van der Waals surface area contributed by atoms with E-state index in [0.717, 1.165) is 17.7 Å². The number of aryl methyl sites for hydroxylation is 1. The van der Waals surface area contributed by atoms with E-state index in [9.17, 15) is 4.79 Å². The monoisotopic (exact) mass is 335 g/mol. The van der Waals surface area contributed by atoms with Crippen LogP contribution in [-0.4, -0.2) is 29.3 Å². The number of nitrogens with one attached hydrogen (secondary N) is 1. The van der Waals surface area contributed by atoms with Crippen molar-refractivity contribution in [3.05, 3.63) is 71.9 Å². The molecule has 3 aromatic rings. The molecule has 3 rings (SSSR count). The lowest BCUT2D eigenvalue weighted by Gasteiger charge is -2.05. The fraction of sp³-hybridized carbons (Fsp3) is 0.200. The van der Waals surface area contributed by atoms with Gasteiger partial charge in [-0.05, 0) is 30.2 Å². The van der Waals surface area contributed by atoms with Gasteiger partial charge in [-0.3, -0.25) is 9.48 Å². The summed E-state index contributed by atoms with van der Waals surface area (Å²) in [5.74, 6) is 0.601. The summed E-state index contributed by atoms with van der Waals surface area (Å²) in [7, 11) is 3.39. The number of hydrogen-bond donors (Lipinski definition) is 1. The van der Waals surface area contributed by atoms with Crippen LogP contribution in [0.15, 0.2) is 60.7 Å². The normalized spacial score (nSPS) is 10.5. The van der Waals surface area contributed by atoms with Crippen molar-refractivity contribution in [2.24, 2.45) is 7.05 Å². The van der Waals surface area contributed by atoms with Crippen molar-refractivity contribution >= 4 is 5.91 Å². The lowest BCUT2D eigenvalue weighted by Crippen LogP contribution is -2.27. The van der Waals surface area contributed by atoms with Gasteiger partial charge in [0.2, 0.25) is 0 Å². The highest BCUT2D eigenvalue weighted by atomic mass is 16.5. The molecule has 0 atom stereocenters. The molecule has 2 aromatic carbocycles. The molecule has 0 saturated carbocycles. The van der Waals surface area contributed by atoms with Crippen LogP contribution >= 0.6 is 0 Å². The highest BCUT2D eigenvalue weighted by molar-refractivity contribution is 5.93. The Morgan fingerprint density at radius 1 is 1.12 bits per heavy atom. The van der Waals surface area contributed by atoms with Gasteiger partial charge in [0.1, 0.15) is 11.4 Å². The maximum Gasteiger partial charge on any atom is 0.269 e. The van der Waals surface area contributed by atoms with E-state index >= 15 is 0 Å². The minimum atomic E-state index is -0.132. The summed E-state index contributed by atoms with van der Waals surface area (Å²) in [6.45, 7) is 0.581. The minimum absolute atomic E-state index is 0.132. The molecule has 1 aromatic heterocycles. The number of carbonyl (C=O) groups is 1. The second kappa shape index (κ2) is 7.66. The number of nitrogens with zero attached hydrogens (tertiary/aromatic N) is 2. The first-order valence-electron chi connectivity index (χ1n) is 8.18. The summed E-state index contributed by atoms with van der Waals surface area (Å²) in [5, 5.41) is 7.40. The Hall–Kier alpha value is -3.08. The van der Waals surface area contributed by atoms with Gasteiger partial charge in [0.15, 0.2) is 0 Å². The molecular formula is C20H21N3O2. The number of hydrogen-bond acceptors (Lipinski definition) is 3. The van der Waals surface area contributed by atoms with Crippen molar-refractivity contribution < 1.29 is 9.53 Å². The SMILES string of the molecule is COc1ccccc1-c1cc(C(=O)NCCc2ccccc2)n(C)n1. The Morgan fingerprint density at radius 3 is 2.60 bits per heavy atom. The van der Waals surface area contributed by atoms with Gasteiger partial charge in [0, 0.05) is 19.2 Å². The fourth-order valence-electron chi connectivity index (χ4n) is 2.72. The molecule has 0 unspecified atom stereocenters. The fourth-order valence-corrected chi connectivity index (χ4v) is 2.72. The summed E-state index contributed by atoms with van der Waals surface area (Å²) >= 11 is 0. The van der Waals surface area contributed by atoms with Crippen LogP contribution in [0.1, 0.15) is 16.1 Å². The van der Waals surface area contributed by atoms with Crippen molar-refractivity contribution in [3.8, 4) is 17.0 Å². The van der Waals surface area contributed by atoms with E-state index in [-0.39, 0.29) is 5.91 Å². The molecule has 25 heavy (non-hydrogen) atoms. The van der Waals surface area contributed by atoms with Gasteiger partial charge in [0.25, 0.3) is 5.91 Å². The van der Waals surface area contributed by atoms with Gasteiger partial charge < -0.3 is 10.1 Å². The van der Waals surface area contributed by atoms with Crippen LogP contribution < -0.4 is 10.1 Å². The summed E-state index contributed by atoms with van der Waals surface area (Å²) in [6.07, 6.45) is 0.795. The molecular weight excluding hydrogens is 314 g/mol. The highest BCUT2D eigenvalue weighted by Gasteiger charge is 2.16. The number of methoxy groups -OCH3 is 1. The maximum absolute atomic E-state index is 12.5. The van der Waals surface area contributed by atoms with Crippen LogP contribution in [0.4, 0.5) is 0 Å². The predicted molar refractivity (Wildman–Crippen MR) is 97.7 cm³/mol. The van der Waals surface area contributed by atoms with E-state index in [4.69, 9.17) is 4.74 Å². The molecule has 5 nitrogen and oxygen atoms in total. The quantitative estimate of drug-likeness (QED) is 0.753. The van der Waals surface area contributed by atoms with E-state index in [0.29, 0.717) is 17.9 Å². The Balaban J connectivity index is 1.70. The molecule has 1 amide bonds. The summed E-state index contributed by atoms with van der Waals surface area (Å²) in [4.78, 5) is 12.5. The Bertz CT molecular complexity index is 856. The molecule has 1 N–H and O–H groups in total. The molecule has 0 aliphatic rings. The zero-order valence-electron chi connectivity index (χ0n) is 14.4. The van der Waals surface area contributed by atoms with Crippen molar-refractivity contribution in [3.63, 3.8) is 0 Å². The van der Waals surface area contributed by atoms with Gasteiger partial charge in [-0.15, -0.1) is 0 Å². The summed E-state index contributed by atoms with van der Waals surface area (Å²) < 4.78 is 6.97. The lowest BCUT2D eigenvalue weighted by atomic mass is 10.1. The minimum Gasteiger partial charge on any atom is -0.496 e. The van der Waals surface area contributed by atoms with Crippen LogP contribution in [0.5, 0.6) is 5.75 Å². The Kier molecular flexibility index (Phi) is 5.14. The van der Waals surface area contributed by atoms with Crippen LogP contribution in [0, 0.1) is 0 Å². The van der Waals surface area contributed by atoms with Crippen LogP contribution in [0.25, 0.3) is 11.3 Å². The molecule has 0 radical (unpaired) electrons. The largest absolute Gasteiger partial charge is 0.496 e. The van der Waals surface area contributed by atoms with Gasteiger partial charge in [-0.2, -0.15) is 5.10 Å². The van der Waals surface area contributed by atoms with Crippen molar-refractivity contribution in [2.45, 2.75) is 6.42 Å².